The van der Waals surface area contributed by atoms with Crippen LogP contribution in [0.3, 0.4) is 0 Å². The van der Waals surface area contributed by atoms with E-state index in [4.69, 9.17) is 23.2 Å². The molecule has 0 aliphatic carbocycles. The third-order valence-corrected chi connectivity index (χ3v) is 5.78. The Morgan fingerprint density at radius 3 is 2.60 bits per heavy atom. The van der Waals surface area contributed by atoms with Gasteiger partial charge in [0.25, 0.3) is 0 Å². The van der Waals surface area contributed by atoms with E-state index in [1.165, 1.54) is 0 Å². The molecule has 20 heavy (non-hydrogen) atoms. The molecule has 1 saturated heterocycles. The topological polar surface area (TPSA) is 47.9 Å². The molecule has 1 aliphatic heterocycles. The standard InChI is InChI=1S/C11H22BO4PS2.Ce/c1-7-8(16-17(5)13)9(10(12)15-7)14-6-18-19-11(2,3)4;/h7-10,13H,6H2,1-5H3;/i1D;. The molecule has 9 heteroatoms. The Kier molecular flexibility index (Phi) is 10.5. The smallest absolute Gasteiger partial charge is 0.164 e. The summed E-state index contributed by atoms with van der Waals surface area (Å²) in [5, 5.41) is 0. The Morgan fingerprint density at radius 1 is 1.45 bits per heavy atom. The van der Waals surface area contributed by atoms with Crippen LogP contribution in [0.2, 0.25) is 0 Å². The van der Waals surface area contributed by atoms with Crippen molar-refractivity contribution in [1.29, 1.82) is 0 Å². The minimum Gasteiger partial charge on any atom is -0.379 e. The van der Waals surface area contributed by atoms with Gasteiger partial charge in [-0.05, 0) is 6.90 Å². The van der Waals surface area contributed by atoms with E-state index in [-0.39, 0.29) is 53.4 Å². The Hall–Kier alpha value is 2.41. The van der Waals surface area contributed by atoms with Crippen molar-refractivity contribution in [1.82, 2.24) is 0 Å². The van der Waals surface area contributed by atoms with Gasteiger partial charge >= 0.3 is 0 Å². The minimum absolute atomic E-state index is 0. The molecule has 0 spiro atoms. The molecule has 0 bridgehead atoms. The van der Waals surface area contributed by atoms with Gasteiger partial charge in [-0.2, -0.15) is 0 Å². The summed E-state index contributed by atoms with van der Waals surface area (Å²) in [5.41, 5.74) is 0. The quantitative estimate of drug-likeness (QED) is 0.214. The van der Waals surface area contributed by atoms with Crippen LogP contribution in [0.15, 0.2) is 0 Å². The van der Waals surface area contributed by atoms with Crippen LogP contribution in [0, 0.1) is 41.7 Å². The summed E-state index contributed by atoms with van der Waals surface area (Å²) in [6.07, 6.45) is -1.38. The van der Waals surface area contributed by atoms with E-state index >= 15 is 0 Å². The van der Waals surface area contributed by atoms with Crippen LogP contribution in [-0.4, -0.2) is 54.4 Å². The summed E-state index contributed by atoms with van der Waals surface area (Å²) >= 11 is 0. The number of rotatable bonds is 6. The maximum Gasteiger partial charge on any atom is 0.164 e. The first-order valence-corrected chi connectivity index (χ1v) is 9.94. The molecular formula is C11H22BCeO4PS2. The normalized spacial score (nSPS) is 32.5. The fourth-order valence-corrected chi connectivity index (χ4v) is 4.15. The summed E-state index contributed by atoms with van der Waals surface area (Å²) in [7, 11) is 7.67. The molecule has 5 unspecified atom stereocenters. The molecule has 0 aromatic rings. The van der Waals surface area contributed by atoms with Crippen LogP contribution in [0.5, 0.6) is 0 Å². The number of hydrogen-bond donors (Lipinski definition) is 1. The van der Waals surface area contributed by atoms with Gasteiger partial charge in [0.05, 0.1) is 6.10 Å². The maximum atomic E-state index is 9.43. The third kappa shape index (κ3) is 8.32. The van der Waals surface area contributed by atoms with E-state index < -0.39 is 32.7 Å². The van der Waals surface area contributed by atoms with Gasteiger partial charge < -0.3 is 18.9 Å². The molecule has 4 nitrogen and oxygen atoms in total. The van der Waals surface area contributed by atoms with Crippen LogP contribution in [0.25, 0.3) is 0 Å². The molecule has 2 radical (unpaired) electrons. The molecule has 1 heterocycles. The van der Waals surface area contributed by atoms with Crippen LogP contribution in [-0.2, 0) is 14.0 Å². The first kappa shape index (κ1) is 20.5. The summed E-state index contributed by atoms with van der Waals surface area (Å²) in [6.45, 7) is 8.01. The monoisotopic (exact) mass is 465 g/mol. The molecule has 5 atom stereocenters. The molecule has 1 fully saturated rings. The number of hydrogen-bond acceptors (Lipinski definition) is 6. The average molecular weight is 465 g/mol. The Morgan fingerprint density at radius 2 is 2.10 bits per heavy atom. The summed E-state index contributed by atoms with van der Waals surface area (Å²) in [4.78, 5) is 9.43. The van der Waals surface area contributed by atoms with E-state index in [1.807, 2.05) is 0 Å². The third-order valence-electron chi connectivity index (χ3n) is 2.24. The zero-order valence-electron chi connectivity index (χ0n) is 13.2. The van der Waals surface area contributed by atoms with Crippen LogP contribution < -0.4 is 0 Å². The van der Waals surface area contributed by atoms with Crippen molar-refractivity contribution < 1.29 is 62.0 Å². The maximum absolute atomic E-state index is 9.43. The first-order chi connectivity index (χ1) is 9.24. The molecular weight excluding hydrogens is 442 g/mol. The molecule has 114 valence electrons. The van der Waals surface area contributed by atoms with Gasteiger partial charge in [-0.3, -0.25) is 0 Å². The van der Waals surface area contributed by atoms with Gasteiger partial charge in [0.2, 0.25) is 0 Å². The summed E-state index contributed by atoms with van der Waals surface area (Å²) in [6, 6.07) is -0.620. The molecule has 0 aromatic heterocycles. The minimum atomic E-state index is -1.54. The van der Waals surface area contributed by atoms with Crippen molar-refractivity contribution in [2.75, 3.05) is 12.6 Å². The van der Waals surface area contributed by atoms with Crippen molar-refractivity contribution in [3.05, 3.63) is 0 Å². The zero-order valence-corrected chi connectivity index (χ0v) is 17.9. The van der Waals surface area contributed by atoms with Gasteiger partial charge in [-0.1, -0.05) is 42.4 Å². The van der Waals surface area contributed by atoms with Crippen LogP contribution in [0.4, 0.5) is 0 Å². The van der Waals surface area contributed by atoms with E-state index in [1.54, 1.807) is 28.3 Å². The molecule has 0 saturated carbocycles. The molecule has 1 N–H and O–H groups in total. The second kappa shape index (κ2) is 10.3. The zero-order chi connectivity index (χ0) is 15.3. The fourth-order valence-electron chi connectivity index (χ4n) is 1.56. The second-order valence-electron chi connectivity index (χ2n) is 5.24. The molecule has 1 rings (SSSR count). The van der Waals surface area contributed by atoms with Gasteiger partial charge in [0.1, 0.15) is 26.0 Å². The predicted molar refractivity (Wildman–Crippen MR) is 84.7 cm³/mol. The molecule has 1 aliphatic rings. The SMILES string of the molecule is [2H]CC1OC([B])C(OCSSC(C)(C)C)C1OP(C)O.[Ce]. The number of ether oxygens (including phenoxy) is 2. The van der Waals surface area contributed by atoms with E-state index in [2.05, 4.69) is 20.8 Å². The fraction of sp³-hybridized carbons (Fsp3) is 1.00. The Balaban J connectivity index is 0.00000400. The average Bonchev–Trinajstić information content (AvgIpc) is 2.60. The predicted octanol–water partition coefficient (Wildman–Crippen LogP) is 2.74. The van der Waals surface area contributed by atoms with Crippen LogP contribution in [0.1, 0.15) is 29.0 Å². The largest absolute Gasteiger partial charge is 0.379 e. The van der Waals surface area contributed by atoms with Crippen LogP contribution >= 0.6 is 30.0 Å². The van der Waals surface area contributed by atoms with Gasteiger partial charge in [0, 0.05) is 60.5 Å². The summed E-state index contributed by atoms with van der Waals surface area (Å²) < 4.78 is 24.3. The van der Waals surface area contributed by atoms with Crippen molar-refractivity contribution in [3.8, 4) is 0 Å². The van der Waals surface area contributed by atoms with Gasteiger partial charge in [0.15, 0.2) is 8.38 Å². The van der Waals surface area contributed by atoms with E-state index in [0.29, 0.717) is 5.94 Å². The Bertz CT molecular complexity index is 302. The summed E-state index contributed by atoms with van der Waals surface area (Å²) in [5.74, 6) is 0.460. The van der Waals surface area contributed by atoms with Gasteiger partial charge in [-0.25, -0.2) is 0 Å². The van der Waals surface area contributed by atoms with Crippen molar-refractivity contribution in [2.45, 2.75) is 56.7 Å². The molecule has 0 amide bonds. The molecule has 0 aromatic carbocycles. The van der Waals surface area contributed by atoms with Crippen molar-refractivity contribution in [2.24, 2.45) is 0 Å². The van der Waals surface area contributed by atoms with Crippen molar-refractivity contribution >= 4 is 37.8 Å². The van der Waals surface area contributed by atoms with E-state index in [9.17, 15) is 4.89 Å². The first-order valence-electron chi connectivity index (χ1n) is 6.67. The van der Waals surface area contributed by atoms with Gasteiger partial charge in [-0.15, -0.1) is 0 Å². The van der Waals surface area contributed by atoms with E-state index in [0.717, 1.165) is 0 Å². The Labute approximate surface area is 167 Å². The second-order valence-corrected chi connectivity index (χ2v) is 9.45. The van der Waals surface area contributed by atoms with Crippen molar-refractivity contribution in [3.63, 3.8) is 0 Å².